The molecule has 1 amide bonds. The summed E-state index contributed by atoms with van der Waals surface area (Å²) < 4.78 is 34.7. The van der Waals surface area contributed by atoms with Crippen LogP contribution in [-0.2, 0) is 28.4 Å². The molecule has 3 heterocycles. The molecule has 10 heteroatoms. The Kier molecular flexibility index (Phi) is 6.66. The summed E-state index contributed by atoms with van der Waals surface area (Å²) in [5.74, 6) is 0.0399. The third-order valence-electron chi connectivity index (χ3n) is 5.77. The number of ether oxygens (including phenoxy) is 1. The standard InChI is InChI=1S/C23H29N5O4S/c1-16-12-17(2)25-22-21(16)23(26-27(22)3)32-15-20(29)24-14-18-8-7-9-19(13-18)33(30,31)28-10-5-4-6-11-28/h7-9,12-13H,4-6,10-11,14-15H2,1-3H3,(H,24,29). The van der Waals surface area contributed by atoms with E-state index in [-0.39, 0.29) is 24.0 Å². The van der Waals surface area contributed by atoms with Gasteiger partial charge in [-0.1, -0.05) is 18.6 Å². The van der Waals surface area contributed by atoms with Crippen molar-refractivity contribution in [3.63, 3.8) is 0 Å². The third kappa shape index (κ3) is 5.01. The van der Waals surface area contributed by atoms with Crippen molar-refractivity contribution in [1.29, 1.82) is 0 Å². The van der Waals surface area contributed by atoms with E-state index in [4.69, 9.17) is 4.74 Å². The van der Waals surface area contributed by atoms with Crippen molar-refractivity contribution < 1.29 is 17.9 Å². The zero-order valence-electron chi connectivity index (χ0n) is 19.2. The molecule has 0 radical (unpaired) electrons. The molecule has 1 fully saturated rings. The average Bonchev–Trinajstić information content (AvgIpc) is 3.12. The number of sulfonamides is 1. The first-order chi connectivity index (χ1) is 15.8. The summed E-state index contributed by atoms with van der Waals surface area (Å²) in [4.78, 5) is 17.1. The van der Waals surface area contributed by atoms with Gasteiger partial charge in [0.25, 0.3) is 5.91 Å². The van der Waals surface area contributed by atoms with Crippen LogP contribution in [0, 0.1) is 13.8 Å². The summed E-state index contributed by atoms with van der Waals surface area (Å²) in [6.45, 7) is 4.98. The minimum Gasteiger partial charge on any atom is -0.466 e. The third-order valence-corrected chi connectivity index (χ3v) is 7.66. The molecule has 0 atom stereocenters. The van der Waals surface area contributed by atoms with Crippen LogP contribution in [0.25, 0.3) is 11.0 Å². The Labute approximate surface area is 193 Å². The molecule has 0 aliphatic carbocycles. The van der Waals surface area contributed by atoms with Crippen LogP contribution in [-0.4, -0.2) is 53.1 Å². The van der Waals surface area contributed by atoms with Crippen molar-refractivity contribution in [1.82, 2.24) is 24.4 Å². The molecule has 33 heavy (non-hydrogen) atoms. The second-order valence-corrected chi connectivity index (χ2v) is 10.3. The number of amides is 1. The van der Waals surface area contributed by atoms with Gasteiger partial charge in [0.05, 0.1) is 10.3 Å². The van der Waals surface area contributed by atoms with E-state index in [0.717, 1.165) is 35.9 Å². The second kappa shape index (κ2) is 9.48. The van der Waals surface area contributed by atoms with Gasteiger partial charge in [-0.2, -0.15) is 4.31 Å². The largest absolute Gasteiger partial charge is 0.466 e. The number of piperidine rings is 1. The molecule has 0 saturated carbocycles. The smallest absolute Gasteiger partial charge is 0.258 e. The highest BCUT2D eigenvalue weighted by molar-refractivity contribution is 7.89. The molecule has 1 saturated heterocycles. The van der Waals surface area contributed by atoms with Crippen molar-refractivity contribution in [2.45, 2.75) is 44.6 Å². The highest BCUT2D eigenvalue weighted by atomic mass is 32.2. The van der Waals surface area contributed by atoms with E-state index in [9.17, 15) is 13.2 Å². The van der Waals surface area contributed by atoms with Crippen molar-refractivity contribution in [3.05, 3.63) is 47.2 Å². The number of nitrogens with one attached hydrogen (secondary N) is 1. The van der Waals surface area contributed by atoms with Gasteiger partial charge in [0.15, 0.2) is 12.3 Å². The molecule has 1 aliphatic heterocycles. The number of benzene rings is 1. The monoisotopic (exact) mass is 471 g/mol. The lowest BCUT2D eigenvalue weighted by Gasteiger charge is -2.26. The number of nitrogens with zero attached hydrogens (tertiary/aromatic N) is 4. The fourth-order valence-corrected chi connectivity index (χ4v) is 5.69. The van der Waals surface area contributed by atoms with Gasteiger partial charge in [0.2, 0.25) is 15.9 Å². The normalized spacial score (nSPS) is 15.0. The Hall–Kier alpha value is -2.98. The minimum atomic E-state index is -3.52. The molecular formula is C23H29N5O4S. The maximum atomic E-state index is 12.9. The average molecular weight is 472 g/mol. The summed E-state index contributed by atoms with van der Waals surface area (Å²) in [5.41, 5.74) is 3.28. The van der Waals surface area contributed by atoms with Gasteiger partial charge in [0.1, 0.15) is 0 Å². The Morgan fingerprint density at radius 2 is 1.91 bits per heavy atom. The number of aryl methyl sites for hydroxylation is 3. The summed E-state index contributed by atoms with van der Waals surface area (Å²) in [6, 6.07) is 8.66. The molecule has 2 aromatic heterocycles. The van der Waals surface area contributed by atoms with Crippen LogP contribution in [0.2, 0.25) is 0 Å². The molecule has 0 spiro atoms. The van der Waals surface area contributed by atoms with Crippen molar-refractivity contribution >= 4 is 27.0 Å². The van der Waals surface area contributed by atoms with Crippen LogP contribution in [0.4, 0.5) is 0 Å². The first kappa shape index (κ1) is 23.2. The predicted octanol–water partition coefficient (Wildman–Crippen LogP) is 2.45. The number of rotatable bonds is 7. The number of hydrogen-bond donors (Lipinski definition) is 1. The lowest BCUT2D eigenvalue weighted by Crippen LogP contribution is -2.35. The van der Waals surface area contributed by atoms with Crippen LogP contribution in [0.1, 0.15) is 36.1 Å². The van der Waals surface area contributed by atoms with Crippen LogP contribution in [0.5, 0.6) is 5.88 Å². The molecule has 1 aliphatic rings. The van der Waals surface area contributed by atoms with Crippen LogP contribution in [0.3, 0.4) is 0 Å². The van der Waals surface area contributed by atoms with E-state index >= 15 is 0 Å². The zero-order valence-corrected chi connectivity index (χ0v) is 20.0. The molecule has 3 aromatic rings. The van der Waals surface area contributed by atoms with Crippen LogP contribution >= 0.6 is 0 Å². The number of fused-ring (bicyclic) bond motifs is 1. The van der Waals surface area contributed by atoms with Gasteiger partial charge in [-0.3, -0.25) is 4.79 Å². The maximum absolute atomic E-state index is 12.9. The summed E-state index contributed by atoms with van der Waals surface area (Å²) in [7, 11) is -1.73. The molecule has 0 unspecified atom stereocenters. The molecular weight excluding hydrogens is 442 g/mol. The van der Waals surface area contributed by atoms with Crippen molar-refractivity contribution in [2.75, 3.05) is 19.7 Å². The van der Waals surface area contributed by atoms with E-state index < -0.39 is 10.0 Å². The first-order valence-corrected chi connectivity index (χ1v) is 12.5. The van der Waals surface area contributed by atoms with Gasteiger partial charge in [-0.15, -0.1) is 5.10 Å². The van der Waals surface area contributed by atoms with E-state index in [0.29, 0.717) is 30.2 Å². The van der Waals surface area contributed by atoms with Crippen LogP contribution in [0.15, 0.2) is 35.2 Å². The quantitative estimate of drug-likeness (QED) is 0.567. The van der Waals surface area contributed by atoms with E-state index in [1.54, 1.807) is 36.0 Å². The van der Waals surface area contributed by atoms with E-state index in [1.165, 1.54) is 4.31 Å². The second-order valence-electron chi connectivity index (χ2n) is 8.39. The summed E-state index contributed by atoms with van der Waals surface area (Å²) >= 11 is 0. The molecule has 0 bridgehead atoms. The van der Waals surface area contributed by atoms with Gasteiger partial charge >= 0.3 is 0 Å². The van der Waals surface area contributed by atoms with Gasteiger partial charge in [-0.05, 0) is 56.0 Å². The number of aromatic nitrogens is 3. The number of carbonyl (C=O) groups excluding carboxylic acids is 1. The van der Waals surface area contributed by atoms with Crippen LogP contribution < -0.4 is 10.1 Å². The Bertz CT molecular complexity index is 1280. The van der Waals surface area contributed by atoms with Crippen molar-refractivity contribution in [2.24, 2.45) is 7.05 Å². The molecule has 1 aromatic carbocycles. The predicted molar refractivity (Wildman–Crippen MR) is 124 cm³/mol. The topological polar surface area (TPSA) is 106 Å². The van der Waals surface area contributed by atoms with Gasteiger partial charge in [-0.25, -0.2) is 18.1 Å². The summed E-state index contributed by atoms with van der Waals surface area (Å²) in [5, 5.41) is 7.91. The highest BCUT2D eigenvalue weighted by Crippen LogP contribution is 2.27. The van der Waals surface area contributed by atoms with E-state index in [1.807, 2.05) is 19.9 Å². The fourth-order valence-electron chi connectivity index (χ4n) is 4.11. The minimum absolute atomic E-state index is 0.203. The molecule has 4 rings (SSSR count). The van der Waals surface area contributed by atoms with Crippen molar-refractivity contribution in [3.8, 4) is 5.88 Å². The lowest BCUT2D eigenvalue weighted by molar-refractivity contribution is -0.123. The SMILES string of the molecule is Cc1cc(C)c2c(OCC(=O)NCc3cccc(S(=O)(=O)N4CCCCC4)c3)nn(C)c2n1. The Morgan fingerprint density at radius 3 is 2.67 bits per heavy atom. The molecule has 1 N–H and O–H groups in total. The Morgan fingerprint density at radius 1 is 1.15 bits per heavy atom. The molecule has 9 nitrogen and oxygen atoms in total. The highest BCUT2D eigenvalue weighted by Gasteiger charge is 2.26. The molecule has 176 valence electrons. The summed E-state index contributed by atoms with van der Waals surface area (Å²) in [6.07, 6.45) is 2.83. The number of carbonyl (C=O) groups is 1. The van der Waals surface area contributed by atoms with Gasteiger partial charge < -0.3 is 10.1 Å². The van der Waals surface area contributed by atoms with E-state index in [2.05, 4.69) is 15.4 Å². The van der Waals surface area contributed by atoms with Gasteiger partial charge in [0, 0.05) is 32.4 Å². The maximum Gasteiger partial charge on any atom is 0.258 e. The Balaban J connectivity index is 1.38. The fraction of sp³-hybridized carbons (Fsp3) is 0.435. The zero-order chi connectivity index (χ0) is 23.6. The first-order valence-electron chi connectivity index (χ1n) is 11.1. The lowest BCUT2D eigenvalue weighted by atomic mass is 10.2. The number of hydrogen-bond acceptors (Lipinski definition) is 6. The number of pyridine rings is 1.